The SMILES string of the molecule is C=CCn1c(Cc2ccc(Cl)cc2)nnc1SCC(=O)Nc1ccc(OC)cc1. The number of benzene rings is 2. The van der Waals surface area contributed by atoms with Gasteiger partial charge in [0.2, 0.25) is 5.91 Å². The van der Waals surface area contributed by atoms with Crippen molar-refractivity contribution in [3.63, 3.8) is 0 Å². The number of hydrogen-bond acceptors (Lipinski definition) is 5. The molecule has 0 aliphatic carbocycles. The number of anilines is 1. The molecule has 0 atom stereocenters. The molecule has 0 unspecified atom stereocenters. The van der Waals surface area contributed by atoms with E-state index in [1.807, 2.05) is 28.8 Å². The molecule has 0 bridgehead atoms. The maximum absolute atomic E-state index is 12.3. The van der Waals surface area contributed by atoms with E-state index in [9.17, 15) is 4.79 Å². The Labute approximate surface area is 178 Å². The maximum Gasteiger partial charge on any atom is 0.234 e. The van der Waals surface area contributed by atoms with Gasteiger partial charge in [0, 0.05) is 23.7 Å². The van der Waals surface area contributed by atoms with E-state index in [-0.39, 0.29) is 11.7 Å². The minimum Gasteiger partial charge on any atom is -0.497 e. The van der Waals surface area contributed by atoms with Gasteiger partial charge in [-0.2, -0.15) is 0 Å². The van der Waals surface area contributed by atoms with E-state index >= 15 is 0 Å². The summed E-state index contributed by atoms with van der Waals surface area (Å²) in [6.07, 6.45) is 2.41. The Hall–Kier alpha value is -2.77. The van der Waals surface area contributed by atoms with Gasteiger partial charge in [-0.05, 0) is 42.0 Å². The first-order valence-electron chi connectivity index (χ1n) is 8.93. The highest BCUT2D eigenvalue weighted by molar-refractivity contribution is 7.99. The molecule has 0 aliphatic heterocycles. The Morgan fingerprint density at radius 3 is 2.59 bits per heavy atom. The molecule has 1 aromatic heterocycles. The predicted molar refractivity (Wildman–Crippen MR) is 117 cm³/mol. The summed E-state index contributed by atoms with van der Waals surface area (Å²) in [5, 5.41) is 12.8. The molecule has 2 aromatic carbocycles. The molecule has 1 amide bonds. The fourth-order valence-electron chi connectivity index (χ4n) is 2.66. The van der Waals surface area contributed by atoms with Crippen LogP contribution in [0.4, 0.5) is 5.69 Å². The summed E-state index contributed by atoms with van der Waals surface area (Å²) >= 11 is 7.29. The predicted octanol–water partition coefficient (Wildman–Crippen LogP) is 4.45. The first-order chi connectivity index (χ1) is 14.1. The molecule has 1 heterocycles. The lowest BCUT2D eigenvalue weighted by Gasteiger charge is -2.09. The van der Waals surface area contributed by atoms with Crippen LogP contribution >= 0.6 is 23.4 Å². The Kier molecular flexibility index (Phi) is 7.32. The van der Waals surface area contributed by atoms with Gasteiger partial charge in [0.15, 0.2) is 5.16 Å². The number of carbonyl (C=O) groups excluding carboxylic acids is 1. The first-order valence-corrected chi connectivity index (χ1v) is 10.3. The van der Waals surface area contributed by atoms with Gasteiger partial charge in [-0.3, -0.25) is 4.79 Å². The van der Waals surface area contributed by atoms with Crippen LogP contribution in [0.5, 0.6) is 5.75 Å². The minimum atomic E-state index is -0.118. The summed E-state index contributed by atoms with van der Waals surface area (Å²) in [5.74, 6) is 1.66. The second kappa shape index (κ2) is 10.1. The highest BCUT2D eigenvalue weighted by atomic mass is 35.5. The second-order valence-corrected chi connectivity index (χ2v) is 7.55. The number of rotatable bonds is 9. The number of hydrogen-bond donors (Lipinski definition) is 1. The number of aromatic nitrogens is 3. The van der Waals surface area contributed by atoms with Gasteiger partial charge in [-0.1, -0.05) is 41.6 Å². The van der Waals surface area contributed by atoms with E-state index in [0.29, 0.717) is 28.8 Å². The van der Waals surface area contributed by atoms with Crippen molar-refractivity contribution >= 4 is 35.0 Å². The molecular formula is C21H21ClN4O2S. The molecule has 8 heteroatoms. The van der Waals surface area contributed by atoms with Gasteiger partial charge in [0.25, 0.3) is 0 Å². The zero-order valence-electron chi connectivity index (χ0n) is 16.0. The third-order valence-corrected chi connectivity index (χ3v) is 5.31. The number of halogens is 1. The van der Waals surface area contributed by atoms with Crippen LogP contribution < -0.4 is 10.1 Å². The van der Waals surface area contributed by atoms with Crippen LogP contribution in [0.3, 0.4) is 0 Å². The maximum atomic E-state index is 12.3. The van der Waals surface area contributed by atoms with Crippen LogP contribution in [-0.2, 0) is 17.8 Å². The molecule has 0 spiro atoms. The normalized spacial score (nSPS) is 10.6. The number of nitrogens with one attached hydrogen (secondary N) is 1. The summed E-state index contributed by atoms with van der Waals surface area (Å²) < 4.78 is 7.08. The van der Waals surface area contributed by atoms with Crippen LogP contribution in [0, 0.1) is 0 Å². The summed E-state index contributed by atoms with van der Waals surface area (Å²) in [5.41, 5.74) is 1.80. The molecule has 3 rings (SSSR count). The monoisotopic (exact) mass is 428 g/mol. The topological polar surface area (TPSA) is 69.0 Å². The average Bonchev–Trinajstić information content (AvgIpc) is 3.10. The summed E-state index contributed by atoms with van der Waals surface area (Å²) in [4.78, 5) is 12.3. The summed E-state index contributed by atoms with van der Waals surface area (Å²) in [6, 6.07) is 14.8. The van der Waals surface area contributed by atoms with Crippen LogP contribution in [0.25, 0.3) is 0 Å². The molecule has 6 nitrogen and oxygen atoms in total. The summed E-state index contributed by atoms with van der Waals surface area (Å²) in [7, 11) is 1.60. The van der Waals surface area contributed by atoms with Gasteiger partial charge in [0.05, 0.1) is 12.9 Å². The number of allylic oxidation sites excluding steroid dienone is 1. The molecule has 3 aromatic rings. The largest absolute Gasteiger partial charge is 0.497 e. The van der Waals surface area contributed by atoms with E-state index < -0.39 is 0 Å². The van der Waals surface area contributed by atoms with Crippen molar-refractivity contribution in [3.05, 3.63) is 77.6 Å². The minimum absolute atomic E-state index is 0.118. The van der Waals surface area contributed by atoms with Crippen LogP contribution in [0.1, 0.15) is 11.4 Å². The molecule has 1 N–H and O–H groups in total. The van der Waals surface area contributed by atoms with E-state index in [0.717, 1.165) is 17.1 Å². The number of carbonyl (C=O) groups is 1. The standard InChI is InChI=1S/C21H21ClN4O2S/c1-3-12-26-19(13-15-4-6-16(22)7-5-15)24-25-21(26)29-14-20(27)23-17-8-10-18(28-2)11-9-17/h3-11H,1,12-14H2,2H3,(H,23,27). The third-order valence-electron chi connectivity index (χ3n) is 4.09. The van der Waals surface area contributed by atoms with Crippen molar-refractivity contribution in [2.24, 2.45) is 0 Å². The lowest BCUT2D eigenvalue weighted by Crippen LogP contribution is -2.14. The Morgan fingerprint density at radius 2 is 1.93 bits per heavy atom. The molecule has 0 saturated carbocycles. The number of nitrogens with zero attached hydrogens (tertiary/aromatic N) is 3. The quantitative estimate of drug-likeness (QED) is 0.403. The molecule has 0 saturated heterocycles. The van der Waals surface area contributed by atoms with Gasteiger partial charge < -0.3 is 14.6 Å². The van der Waals surface area contributed by atoms with Gasteiger partial charge in [-0.15, -0.1) is 16.8 Å². The number of methoxy groups -OCH3 is 1. The van der Waals surface area contributed by atoms with Gasteiger partial charge >= 0.3 is 0 Å². The van der Waals surface area contributed by atoms with Crippen LogP contribution in [0.15, 0.2) is 66.3 Å². The molecule has 0 aliphatic rings. The van der Waals surface area contributed by atoms with Gasteiger partial charge in [0.1, 0.15) is 11.6 Å². The fourth-order valence-corrected chi connectivity index (χ4v) is 3.55. The molecule has 0 radical (unpaired) electrons. The lowest BCUT2D eigenvalue weighted by atomic mass is 10.1. The molecule has 150 valence electrons. The lowest BCUT2D eigenvalue weighted by molar-refractivity contribution is -0.113. The van der Waals surface area contributed by atoms with Crippen molar-refractivity contribution in [3.8, 4) is 5.75 Å². The second-order valence-electron chi connectivity index (χ2n) is 6.17. The van der Waals surface area contributed by atoms with E-state index in [1.54, 1.807) is 37.5 Å². The zero-order chi connectivity index (χ0) is 20.6. The first kappa shape index (κ1) is 21.0. The third kappa shape index (κ3) is 5.85. The van der Waals surface area contributed by atoms with Crippen molar-refractivity contribution in [1.82, 2.24) is 14.8 Å². The van der Waals surface area contributed by atoms with Gasteiger partial charge in [-0.25, -0.2) is 0 Å². The van der Waals surface area contributed by atoms with E-state index in [1.165, 1.54) is 11.8 Å². The van der Waals surface area contributed by atoms with Crippen molar-refractivity contribution in [1.29, 1.82) is 0 Å². The van der Waals surface area contributed by atoms with Crippen molar-refractivity contribution < 1.29 is 9.53 Å². The molecule has 0 fully saturated rings. The Bertz CT molecular complexity index is 971. The highest BCUT2D eigenvalue weighted by Gasteiger charge is 2.14. The Balaban J connectivity index is 1.63. The number of thioether (sulfide) groups is 1. The highest BCUT2D eigenvalue weighted by Crippen LogP contribution is 2.21. The summed E-state index contributed by atoms with van der Waals surface area (Å²) in [6.45, 7) is 4.38. The number of ether oxygens (including phenoxy) is 1. The Morgan fingerprint density at radius 1 is 1.21 bits per heavy atom. The average molecular weight is 429 g/mol. The van der Waals surface area contributed by atoms with Crippen LogP contribution in [0.2, 0.25) is 5.02 Å². The zero-order valence-corrected chi connectivity index (χ0v) is 17.5. The molecular weight excluding hydrogens is 408 g/mol. The smallest absolute Gasteiger partial charge is 0.234 e. The van der Waals surface area contributed by atoms with E-state index in [2.05, 4.69) is 22.1 Å². The van der Waals surface area contributed by atoms with E-state index in [4.69, 9.17) is 16.3 Å². The van der Waals surface area contributed by atoms with Crippen molar-refractivity contribution in [2.45, 2.75) is 18.1 Å². The van der Waals surface area contributed by atoms with Crippen molar-refractivity contribution in [2.75, 3.05) is 18.2 Å². The van der Waals surface area contributed by atoms with Crippen LogP contribution in [-0.4, -0.2) is 33.5 Å². The number of amides is 1. The fraction of sp³-hybridized carbons (Fsp3) is 0.190. The molecule has 29 heavy (non-hydrogen) atoms.